The van der Waals surface area contributed by atoms with Crippen LogP contribution < -0.4 is 5.73 Å². The van der Waals surface area contributed by atoms with E-state index in [4.69, 9.17) is 10.5 Å². The van der Waals surface area contributed by atoms with E-state index < -0.39 is 5.97 Å². The molecule has 2 rings (SSSR count). The van der Waals surface area contributed by atoms with Gasteiger partial charge < -0.3 is 10.5 Å². The number of rotatable bonds is 3. The van der Waals surface area contributed by atoms with Crippen LogP contribution in [0, 0.1) is 0 Å². The van der Waals surface area contributed by atoms with Gasteiger partial charge >= 0.3 is 5.97 Å². The smallest absolute Gasteiger partial charge is 0.343 e. The number of hydrogen-bond donors (Lipinski definition) is 1. The van der Waals surface area contributed by atoms with Gasteiger partial charge in [-0.25, -0.2) is 19.7 Å². The van der Waals surface area contributed by atoms with Gasteiger partial charge in [0.2, 0.25) is 0 Å². The van der Waals surface area contributed by atoms with E-state index in [9.17, 15) is 4.79 Å². The molecule has 2 heterocycles. The Morgan fingerprint density at radius 1 is 1.53 bits per heavy atom. The average Bonchev–Trinajstić information content (AvgIpc) is 2.82. The Labute approximate surface area is 101 Å². The SMILES string of the molecule is CCOC(=O)c1cnc(-c2nccs2)nc1N. The normalized spacial score (nSPS) is 10.2. The van der Waals surface area contributed by atoms with Crippen LogP contribution in [0.4, 0.5) is 5.82 Å². The van der Waals surface area contributed by atoms with Gasteiger partial charge in [-0.15, -0.1) is 11.3 Å². The van der Waals surface area contributed by atoms with Gasteiger partial charge in [-0.05, 0) is 6.92 Å². The highest BCUT2D eigenvalue weighted by Gasteiger charge is 2.14. The predicted octanol–water partition coefficient (Wildman–Crippen LogP) is 1.36. The first-order valence-corrected chi connectivity index (χ1v) is 5.80. The van der Waals surface area contributed by atoms with E-state index in [1.165, 1.54) is 17.5 Å². The lowest BCUT2D eigenvalue weighted by atomic mass is 10.3. The Morgan fingerprint density at radius 2 is 2.35 bits per heavy atom. The van der Waals surface area contributed by atoms with Gasteiger partial charge in [0.05, 0.1) is 6.61 Å². The van der Waals surface area contributed by atoms with Crippen LogP contribution in [0.2, 0.25) is 0 Å². The molecule has 0 aromatic carbocycles. The summed E-state index contributed by atoms with van der Waals surface area (Å²) in [6.45, 7) is 2.01. The first kappa shape index (κ1) is 11.5. The number of nitrogens with zero attached hydrogens (tertiary/aromatic N) is 3. The number of hydrogen-bond acceptors (Lipinski definition) is 7. The Morgan fingerprint density at radius 3 is 2.94 bits per heavy atom. The van der Waals surface area contributed by atoms with Crippen molar-refractivity contribution < 1.29 is 9.53 Å². The van der Waals surface area contributed by atoms with Crippen LogP contribution in [-0.2, 0) is 4.74 Å². The molecule has 0 fully saturated rings. The first-order valence-electron chi connectivity index (χ1n) is 4.92. The zero-order valence-corrected chi connectivity index (χ0v) is 9.90. The van der Waals surface area contributed by atoms with Crippen molar-refractivity contribution in [1.82, 2.24) is 15.0 Å². The third kappa shape index (κ3) is 2.39. The summed E-state index contributed by atoms with van der Waals surface area (Å²) in [5, 5.41) is 2.47. The van der Waals surface area contributed by atoms with Gasteiger partial charge in [0.25, 0.3) is 0 Å². The Balaban J connectivity index is 2.32. The van der Waals surface area contributed by atoms with Gasteiger partial charge in [-0.3, -0.25) is 0 Å². The molecular weight excluding hydrogens is 240 g/mol. The molecule has 0 amide bonds. The van der Waals surface area contributed by atoms with E-state index in [1.54, 1.807) is 13.1 Å². The molecule has 2 N–H and O–H groups in total. The monoisotopic (exact) mass is 250 g/mol. The van der Waals surface area contributed by atoms with E-state index >= 15 is 0 Å². The molecule has 6 nitrogen and oxygen atoms in total. The fourth-order valence-corrected chi connectivity index (χ4v) is 1.77. The fraction of sp³-hybridized carbons (Fsp3) is 0.200. The van der Waals surface area contributed by atoms with Gasteiger partial charge in [-0.1, -0.05) is 0 Å². The second kappa shape index (κ2) is 4.88. The fourth-order valence-electron chi connectivity index (χ4n) is 1.20. The quantitative estimate of drug-likeness (QED) is 0.827. The van der Waals surface area contributed by atoms with Crippen LogP contribution in [-0.4, -0.2) is 27.5 Å². The van der Waals surface area contributed by atoms with Gasteiger partial charge in [0.1, 0.15) is 11.4 Å². The minimum Gasteiger partial charge on any atom is -0.462 e. The third-order valence-electron chi connectivity index (χ3n) is 1.94. The second-order valence-corrected chi connectivity index (χ2v) is 3.94. The number of esters is 1. The minimum atomic E-state index is -0.518. The highest BCUT2D eigenvalue weighted by Crippen LogP contribution is 2.19. The molecule has 88 valence electrons. The molecule has 17 heavy (non-hydrogen) atoms. The number of aromatic nitrogens is 3. The van der Waals surface area contributed by atoms with Gasteiger partial charge in [0, 0.05) is 17.8 Å². The van der Waals surface area contributed by atoms with Crippen molar-refractivity contribution >= 4 is 23.1 Å². The number of nitrogens with two attached hydrogens (primary N) is 1. The summed E-state index contributed by atoms with van der Waals surface area (Å²) in [7, 11) is 0. The van der Waals surface area contributed by atoms with E-state index in [0.717, 1.165) is 0 Å². The van der Waals surface area contributed by atoms with Crippen molar-refractivity contribution in [2.24, 2.45) is 0 Å². The highest BCUT2D eigenvalue weighted by atomic mass is 32.1. The lowest BCUT2D eigenvalue weighted by molar-refractivity contribution is 0.0527. The maximum atomic E-state index is 11.5. The van der Waals surface area contributed by atoms with E-state index in [0.29, 0.717) is 10.8 Å². The molecule has 0 saturated heterocycles. The van der Waals surface area contributed by atoms with Crippen LogP contribution in [0.5, 0.6) is 0 Å². The maximum Gasteiger partial charge on any atom is 0.343 e. The number of ether oxygens (including phenoxy) is 1. The summed E-state index contributed by atoms with van der Waals surface area (Å²) in [4.78, 5) is 23.6. The molecule has 0 aliphatic heterocycles. The highest BCUT2D eigenvalue weighted by molar-refractivity contribution is 7.12. The summed E-state index contributed by atoms with van der Waals surface area (Å²) < 4.78 is 4.83. The number of nitrogen functional groups attached to an aromatic ring is 1. The molecule has 2 aromatic heterocycles. The third-order valence-corrected chi connectivity index (χ3v) is 2.71. The lowest BCUT2D eigenvalue weighted by Gasteiger charge is -2.04. The van der Waals surface area contributed by atoms with Crippen LogP contribution in [0.1, 0.15) is 17.3 Å². The summed E-state index contributed by atoms with van der Waals surface area (Å²) in [5.41, 5.74) is 5.86. The molecule has 0 unspecified atom stereocenters. The molecule has 0 atom stereocenters. The number of carbonyl (C=O) groups excluding carboxylic acids is 1. The van der Waals surface area contributed by atoms with Crippen LogP contribution in [0.25, 0.3) is 10.8 Å². The molecule has 0 aliphatic rings. The number of carbonyl (C=O) groups is 1. The molecule has 2 aromatic rings. The zero-order chi connectivity index (χ0) is 12.3. The molecule has 0 saturated carbocycles. The van der Waals surface area contributed by atoms with Gasteiger partial charge in [0.15, 0.2) is 10.8 Å². The largest absolute Gasteiger partial charge is 0.462 e. The van der Waals surface area contributed by atoms with E-state index in [1.807, 2.05) is 5.38 Å². The molecule has 0 spiro atoms. The van der Waals surface area contributed by atoms with Crippen molar-refractivity contribution in [2.75, 3.05) is 12.3 Å². The number of anilines is 1. The molecular formula is C10H10N4O2S. The topological polar surface area (TPSA) is 91.0 Å². The van der Waals surface area contributed by atoms with Crippen LogP contribution in [0.15, 0.2) is 17.8 Å². The summed E-state index contributed by atoms with van der Waals surface area (Å²) >= 11 is 1.40. The van der Waals surface area contributed by atoms with Crippen molar-refractivity contribution in [2.45, 2.75) is 6.92 Å². The molecule has 0 bridgehead atoms. The minimum absolute atomic E-state index is 0.101. The van der Waals surface area contributed by atoms with E-state index in [2.05, 4.69) is 15.0 Å². The summed E-state index contributed by atoms with van der Waals surface area (Å²) in [6, 6.07) is 0. The molecule has 0 radical (unpaired) electrons. The van der Waals surface area contributed by atoms with Crippen molar-refractivity contribution in [1.29, 1.82) is 0 Å². The molecule has 7 heteroatoms. The lowest BCUT2D eigenvalue weighted by Crippen LogP contribution is -2.10. The zero-order valence-electron chi connectivity index (χ0n) is 9.08. The first-order chi connectivity index (χ1) is 8.22. The van der Waals surface area contributed by atoms with Gasteiger partial charge in [-0.2, -0.15) is 0 Å². The Bertz CT molecular complexity index is 527. The van der Waals surface area contributed by atoms with Crippen molar-refractivity contribution in [3.63, 3.8) is 0 Å². The summed E-state index contributed by atoms with van der Waals surface area (Å²) in [6.07, 6.45) is 3.01. The average molecular weight is 250 g/mol. The number of thiazole rings is 1. The maximum absolute atomic E-state index is 11.5. The van der Waals surface area contributed by atoms with E-state index in [-0.39, 0.29) is 18.0 Å². The van der Waals surface area contributed by atoms with Crippen molar-refractivity contribution in [3.05, 3.63) is 23.3 Å². The van der Waals surface area contributed by atoms with Crippen molar-refractivity contribution in [3.8, 4) is 10.8 Å². The second-order valence-electron chi connectivity index (χ2n) is 3.05. The van der Waals surface area contributed by atoms with Crippen LogP contribution >= 0.6 is 11.3 Å². The van der Waals surface area contributed by atoms with Crippen LogP contribution in [0.3, 0.4) is 0 Å². The molecule has 0 aliphatic carbocycles. The predicted molar refractivity (Wildman–Crippen MR) is 63.5 cm³/mol. The summed E-state index contributed by atoms with van der Waals surface area (Å²) in [5.74, 6) is -0.00936. The Kier molecular flexibility index (Phi) is 3.29. The Hall–Kier alpha value is -2.02. The standard InChI is InChI=1S/C10H10N4O2S/c1-2-16-10(15)6-5-13-8(14-7(6)11)9-12-3-4-17-9/h3-5H,2H2,1H3,(H2,11,13,14).